The molecule has 0 unspecified atom stereocenters. The van der Waals surface area contributed by atoms with E-state index in [0.717, 1.165) is 5.69 Å². The van der Waals surface area contributed by atoms with Gasteiger partial charge < -0.3 is 13.7 Å². The fourth-order valence-electron chi connectivity index (χ4n) is 8.88. The fraction of sp³-hybridized carbons (Fsp3) is 0. The molecule has 0 spiro atoms. The lowest BCUT2D eigenvalue weighted by Crippen LogP contribution is -2.00. The molecule has 0 amide bonds. The van der Waals surface area contributed by atoms with Gasteiger partial charge in [0.2, 0.25) is 0 Å². The number of hydrogen-bond donors (Lipinski definition) is 0. The van der Waals surface area contributed by atoms with Crippen molar-refractivity contribution in [2.24, 2.45) is 0 Å². The van der Waals surface area contributed by atoms with Crippen molar-refractivity contribution in [1.29, 1.82) is 0 Å². The summed E-state index contributed by atoms with van der Waals surface area (Å²) in [6.45, 7) is 0. The number of nitrogens with zero attached hydrogens (tertiary/aromatic N) is 3. The van der Waals surface area contributed by atoms with E-state index in [1.54, 1.807) is 0 Å². The standard InChI is InChI=1S/C48H29N3S/c1-7-19-39-32(13-1)33-14-2-8-20-40(33)49(39)30-25-26-44-38(27-30)36-17-5-9-21-41(36)50(44)31-28-45(48-37-18-6-12-24-46(37)52-47(48)29-31)51-42-22-10-3-15-34(42)35-16-4-11-23-43(35)51/h1-29H. The van der Waals surface area contributed by atoms with Crippen LogP contribution in [0, 0.1) is 0 Å². The minimum Gasteiger partial charge on any atom is -0.309 e. The average Bonchev–Trinajstić information content (AvgIpc) is 3.94. The monoisotopic (exact) mass is 679 g/mol. The van der Waals surface area contributed by atoms with Crippen molar-refractivity contribution in [2.45, 2.75) is 0 Å². The lowest BCUT2D eigenvalue weighted by atomic mass is 10.1. The van der Waals surface area contributed by atoms with Crippen LogP contribution >= 0.6 is 11.3 Å². The number of hydrogen-bond acceptors (Lipinski definition) is 1. The summed E-state index contributed by atoms with van der Waals surface area (Å²) in [6.07, 6.45) is 0. The Hall–Kier alpha value is -6.62. The van der Waals surface area contributed by atoms with Gasteiger partial charge in [-0.3, -0.25) is 0 Å². The highest BCUT2D eigenvalue weighted by Gasteiger charge is 2.21. The largest absolute Gasteiger partial charge is 0.309 e. The van der Waals surface area contributed by atoms with E-state index in [2.05, 4.69) is 190 Å². The van der Waals surface area contributed by atoms with E-state index in [9.17, 15) is 0 Å². The van der Waals surface area contributed by atoms with Gasteiger partial charge in [0.1, 0.15) is 0 Å². The first kappa shape index (κ1) is 28.1. The second-order valence-electron chi connectivity index (χ2n) is 13.7. The van der Waals surface area contributed by atoms with Gasteiger partial charge in [-0.15, -0.1) is 11.3 Å². The van der Waals surface area contributed by atoms with Crippen LogP contribution in [0.1, 0.15) is 0 Å². The molecule has 0 bridgehead atoms. The van der Waals surface area contributed by atoms with Crippen LogP contribution in [0.15, 0.2) is 176 Å². The molecule has 4 heterocycles. The Bertz CT molecular complexity index is 3320. The predicted octanol–water partition coefficient (Wildman–Crippen LogP) is 13.3. The van der Waals surface area contributed by atoms with Gasteiger partial charge >= 0.3 is 0 Å². The molecule has 4 heteroatoms. The zero-order valence-corrected chi connectivity index (χ0v) is 28.8. The molecule has 0 aliphatic rings. The molecule has 0 aliphatic heterocycles. The maximum atomic E-state index is 2.49. The quantitative estimate of drug-likeness (QED) is 0.177. The van der Waals surface area contributed by atoms with Gasteiger partial charge in [0, 0.05) is 63.9 Å². The summed E-state index contributed by atoms with van der Waals surface area (Å²) in [7, 11) is 0. The van der Waals surface area contributed by atoms with Crippen molar-refractivity contribution in [3.05, 3.63) is 176 Å². The average molecular weight is 680 g/mol. The number of benzene rings is 8. The van der Waals surface area contributed by atoms with E-state index >= 15 is 0 Å². The molecule has 12 aromatic rings. The zero-order chi connectivity index (χ0) is 33.9. The van der Waals surface area contributed by atoms with E-state index in [-0.39, 0.29) is 0 Å². The highest BCUT2D eigenvalue weighted by Crippen LogP contribution is 2.44. The maximum Gasteiger partial charge on any atom is 0.0576 e. The van der Waals surface area contributed by atoms with Crippen molar-refractivity contribution in [2.75, 3.05) is 0 Å². The first-order valence-electron chi connectivity index (χ1n) is 17.8. The van der Waals surface area contributed by atoms with Gasteiger partial charge in [0.15, 0.2) is 0 Å². The molecule has 4 aromatic heterocycles. The summed E-state index contributed by atoms with van der Waals surface area (Å²) in [6, 6.07) is 64.7. The molecule has 0 aliphatic carbocycles. The van der Waals surface area contributed by atoms with E-state index in [1.165, 1.54) is 97.0 Å². The Morgan fingerprint density at radius 1 is 0.288 bits per heavy atom. The third kappa shape index (κ3) is 3.74. The van der Waals surface area contributed by atoms with Crippen LogP contribution in [-0.4, -0.2) is 13.7 Å². The van der Waals surface area contributed by atoms with Crippen LogP contribution < -0.4 is 0 Å². The zero-order valence-electron chi connectivity index (χ0n) is 28.0. The molecule has 12 rings (SSSR count). The van der Waals surface area contributed by atoms with Gasteiger partial charge in [0.05, 0.1) is 38.8 Å². The summed E-state index contributed by atoms with van der Waals surface area (Å²) in [5, 5.41) is 10.2. The lowest BCUT2D eigenvalue weighted by Gasteiger charge is -2.15. The van der Waals surface area contributed by atoms with Gasteiger partial charge in [-0.25, -0.2) is 0 Å². The summed E-state index contributed by atoms with van der Waals surface area (Å²) in [5.74, 6) is 0. The number of para-hydroxylation sites is 5. The molecule has 0 atom stereocenters. The molecule has 0 saturated carbocycles. The highest BCUT2D eigenvalue weighted by molar-refractivity contribution is 7.26. The number of thiophene rings is 1. The predicted molar refractivity (Wildman–Crippen MR) is 222 cm³/mol. The minimum absolute atomic E-state index is 1.16. The first-order valence-corrected chi connectivity index (χ1v) is 18.6. The topological polar surface area (TPSA) is 14.8 Å². The number of rotatable bonds is 3. The van der Waals surface area contributed by atoms with Gasteiger partial charge in [-0.2, -0.15) is 0 Å². The number of aromatic nitrogens is 3. The Morgan fingerprint density at radius 3 is 1.27 bits per heavy atom. The summed E-state index contributed by atoms with van der Waals surface area (Å²) in [4.78, 5) is 0. The molecule has 242 valence electrons. The summed E-state index contributed by atoms with van der Waals surface area (Å²) in [5.41, 5.74) is 10.8. The summed E-state index contributed by atoms with van der Waals surface area (Å²) >= 11 is 1.88. The third-order valence-corrected chi connectivity index (χ3v) is 12.1. The van der Waals surface area contributed by atoms with Crippen LogP contribution in [0.3, 0.4) is 0 Å². The summed E-state index contributed by atoms with van der Waals surface area (Å²) < 4.78 is 9.96. The Kier molecular flexibility index (Phi) is 5.65. The highest BCUT2D eigenvalue weighted by atomic mass is 32.1. The van der Waals surface area contributed by atoms with Crippen molar-refractivity contribution in [1.82, 2.24) is 13.7 Å². The van der Waals surface area contributed by atoms with Gasteiger partial charge in [-0.05, 0) is 66.7 Å². The van der Waals surface area contributed by atoms with Crippen molar-refractivity contribution in [3.63, 3.8) is 0 Å². The van der Waals surface area contributed by atoms with Crippen molar-refractivity contribution in [3.8, 4) is 17.1 Å². The van der Waals surface area contributed by atoms with E-state index in [1.807, 2.05) is 11.3 Å². The molecule has 52 heavy (non-hydrogen) atoms. The minimum atomic E-state index is 1.16. The number of fused-ring (bicyclic) bond motifs is 12. The molecule has 3 nitrogen and oxygen atoms in total. The first-order chi connectivity index (χ1) is 25.8. The SMILES string of the molecule is c1ccc2c(c1)sc1cc(-n3c4ccccc4c4cc(-n5c6ccccc6c6ccccc65)ccc43)cc(-n3c4ccccc4c4ccccc43)c12. The van der Waals surface area contributed by atoms with Crippen molar-refractivity contribution >= 4 is 96.9 Å². The second-order valence-corrected chi connectivity index (χ2v) is 14.8. The molecule has 0 fully saturated rings. The van der Waals surface area contributed by atoms with Crippen LogP contribution in [0.4, 0.5) is 0 Å². The molecule has 8 aromatic carbocycles. The van der Waals surface area contributed by atoms with E-state index < -0.39 is 0 Å². The molecular weight excluding hydrogens is 651 g/mol. The molecular formula is C48H29N3S. The molecule has 0 saturated heterocycles. The van der Waals surface area contributed by atoms with Crippen LogP contribution in [0.25, 0.3) is 103 Å². The van der Waals surface area contributed by atoms with Gasteiger partial charge in [-0.1, -0.05) is 109 Å². The Balaban J connectivity index is 1.18. The molecule has 0 radical (unpaired) electrons. The maximum absolute atomic E-state index is 2.49. The van der Waals surface area contributed by atoms with Crippen LogP contribution in [-0.2, 0) is 0 Å². The smallest absolute Gasteiger partial charge is 0.0576 e. The van der Waals surface area contributed by atoms with Crippen molar-refractivity contribution < 1.29 is 0 Å². The van der Waals surface area contributed by atoms with Gasteiger partial charge in [0.25, 0.3) is 0 Å². The van der Waals surface area contributed by atoms with E-state index in [4.69, 9.17) is 0 Å². The Morgan fingerprint density at radius 2 is 0.712 bits per heavy atom. The normalized spacial score (nSPS) is 12.2. The third-order valence-electron chi connectivity index (χ3n) is 11.0. The lowest BCUT2D eigenvalue weighted by molar-refractivity contribution is 1.15. The fourth-order valence-corrected chi connectivity index (χ4v) is 10.0. The second kappa shape index (κ2) is 10.5. The van der Waals surface area contributed by atoms with Crippen LogP contribution in [0.5, 0.6) is 0 Å². The Labute approximate surface area is 302 Å². The molecule has 0 N–H and O–H groups in total. The van der Waals surface area contributed by atoms with E-state index in [0.29, 0.717) is 0 Å². The van der Waals surface area contributed by atoms with Crippen LogP contribution in [0.2, 0.25) is 0 Å².